The Hall–Kier alpha value is -1.60. The highest BCUT2D eigenvalue weighted by atomic mass is 32.2. The van der Waals surface area contributed by atoms with E-state index in [9.17, 15) is 13.0 Å². The molecule has 24 heavy (non-hydrogen) atoms. The molecule has 0 aliphatic heterocycles. The number of fused-ring (bicyclic) bond motifs is 1. The fourth-order valence-corrected chi connectivity index (χ4v) is 3.28. The number of halogens is 2. The Balaban J connectivity index is 2.73. The van der Waals surface area contributed by atoms with Gasteiger partial charge in [-0.25, -0.2) is 22.3 Å². The summed E-state index contributed by atoms with van der Waals surface area (Å²) >= 11 is 0. The number of rotatable bonds is 4. The summed E-state index contributed by atoms with van der Waals surface area (Å²) in [6, 6.07) is 1.01. The van der Waals surface area contributed by atoms with Gasteiger partial charge in [-0.2, -0.15) is 0 Å². The van der Waals surface area contributed by atoms with Crippen LogP contribution in [0.25, 0.3) is 10.8 Å². The molecule has 0 bridgehead atoms. The first-order valence-corrected chi connectivity index (χ1v) is 8.42. The van der Waals surface area contributed by atoms with Crippen molar-refractivity contribution < 1.29 is 21.8 Å². The van der Waals surface area contributed by atoms with Crippen molar-refractivity contribution >= 4 is 21.8 Å². The molecule has 0 saturated carbocycles. The van der Waals surface area contributed by atoms with Crippen LogP contribution in [0.5, 0.6) is 5.88 Å². The summed E-state index contributed by atoms with van der Waals surface area (Å²) in [5, 5.41) is 0.446. The van der Waals surface area contributed by atoms with Crippen molar-refractivity contribution in [1.82, 2.24) is 9.29 Å². The van der Waals surface area contributed by atoms with E-state index in [1.54, 1.807) is 27.7 Å². The fourth-order valence-electron chi connectivity index (χ4n) is 2.29. The van der Waals surface area contributed by atoms with Crippen LogP contribution in [0.15, 0.2) is 18.3 Å². The van der Waals surface area contributed by atoms with Crippen LogP contribution in [-0.4, -0.2) is 32.3 Å². The molecule has 0 saturated heterocycles. The summed E-state index contributed by atoms with van der Waals surface area (Å²) in [4.78, 5) is 4.08. The molecule has 1 aromatic heterocycles. The third-order valence-electron chi connectivity index (χ3n) is 3.62. The van der Waals surface area contributed by atoms with Gasteiger partial charge >= 0.3 is 0 Å². The Kier molecular flexibility index (Phi) is 4.12. The van der Waals surface area contributed by atoms with Crippen molar-refractivity contribution in [1.29, 1.82) is 0 Å². The molecule has 2 aromatic rings. The van der Waals surface area contributed by atoms with Crippen LogP contribution in [0.2, 0.25) is 0 Å². The van der Waals surface area contributed by atoms with E-state index in [0.29, 0.717) is 5.56 Å². The van der Waals surface area contributed by atoms with Crippen LogP contribution in [0, 0.1) is 11.6 Å². The summed E-state index contributed by atoms with van der Waals surface area (Å²) in [5.74, 6) is -2.07. The highest BCUT2D eigenvalue weighted by Crippen LogP contribution is 2.34. The third-order valence-corrected chi connectivity index (χ3v) is 5.34. The molecular formula is C17H22F2N2O2S. The van der Waals surface area contributed by atoms with E-state index in [1.807, 2.05) is 0 Å². The lowest BCUT2D eigenvalue weighted by atomic mass is 10.0. The van der Waals surface area contributed by atoms with Crippen LogP contribution in [0.4, 0.5) is 8.78 Å². The minimum absolute atomic E-state index is 0.0808. The van der Waals surface area contributed by atoms with Crippen LogP contribution < -0.4 is 4.74 Å². The lowest BCUT2D eigenvalue weighted by Crippen LogP contribution is -2.36. The van der Waals surface area contributed by atoms with Crippen molar-refractivity contribution in [2.75, 3.05) is 14.1 Å². The predicted molar refractivity (Wildman–Crippen MR) is 92.3 cm³/mol. The first kappa shape index (κ1) is 14.7. The van der Waals surface area contributed by atoms with Gasteiger partial charge in [0.25, 0.3) is 0 Å². The second-order valence-corrected chi connectivity index (χ2v) is 8.51. The van der Waals surface area contributed by atoms with Crippen molar-refractivity contribution in [3.63, 3.8) is 0 Å². The Morgan fingerprint density at radius 1 is 1.29 bits per heavy atom. The summed E-state index contributed by atoms with van der Waals surface area (Å²) in [6.45, 7) is 3.85. The van der Waals surface area contributed by atoms with Gasteiger partial charge < -0.3 is 4.74 Å². The lowest BCUT2D eigenvalue weighted by Gasteiger charge is -2.30. The van der Waals surface area contributed by atoms with Gasteiger partial charge in [0, 0.05) is 28.7 Å². The zero-order chi connectivity index (χ0) is 20.7. The van der Waals surface area contributed by atoms with Gasteiger partial charge in [-0.3, -0.25) is 0 Å². The highest BCUT2D eigenvalue weighted by Gasteiger charge is 2.29. The SMILES string of the molecule is [2H]C([2H])([2H])N(C(C)c1cnc(OC)c2cc(F)c(F)cc12)S(=O)C(C)(C)C. The molecule has 1 heterocycles. The van der Waals surface area contributed by atoms with E-state index in [-0.39, 0.29) is 16.7 Å². The Morgan fingerprint density at radius 3 is 2.38 bits per heavy atom. The zero-order valence-electron chi connectivity index (χ0n) is 17.2. The van der Waals surface area contributed by atoms with Gasteiger partial charge in [0.15, 0.2) is 11.6 Å². The topological polar surface area (TPSA) is 42.4 Å². The minimum atomic E-state index is -2.68. The smallest absolute Gasteiger partial charge is 0.221 e. The molecule has 4 nitrogen and oxygen atoms in total. The number of methoxy groups -OCH3 is 1. The van der Waals surface area contributed by atoms with Crippen LogP contribution >= 0.6 is 0 Å². The monoisotopic (exact) mass is 359 g/mol. The molecule has 7 heteroatoms. The van der Waals surface area contributed by atoms with E-state index in [1.165, 1.54) is 13.3 Å². The average molecular weight is 359 g/mol. The van der Waals surface area contributed by atoms with Gasteiger partial charge in [-0.1, -0.05) is 0 Å². The second kappa shape index (κ2) is 6.72. The van der Waals surface area contributed by atoms with Crippen molar-refractivity contribution in [2.24, 2.45) is 0 Å². The molecular weight excluding hydrogens is 334 g/mol. The summed E-state index contributed by atoms with van der Waals surface area (Å²) in [5.41, 5.74) is 0.304. The van der Waals surface area contributed by atoms with Gasteiger partial charge in [-0.05, 0) is 50.8 Å². The molecule has 132 valence electrons. The van der Waals surface area contributed by atoms with Gasteiger partial charge in [0.1, 0.15) is 0 Å². The molecule has 1 aromatic carbocycles. The molecule has 0 aliphatic carbocycles. The lowest BCUT2D eigenvalue weighted by molar-refractivity contribution is 0.398. The van der Waals surface area contributed by atoms with Crippen LogP contribution in [-0.2, 0) is 11.0 Å². The molecule has 0 radical (unpaired) electrons. The first-order chi connectivity index (χ1) is 12.3. The van der Waals surface area contributed by atoms with Crippen molar-refractivity contribution in [3.05, 3.63) is 35.5 Å². The molecule has 0 spiro atoms. The molecule has 0 N–H and O–H groups in total. The number of aromatic nitrogens is 1. The number of hydrogen-bond donors (Lipinski definition) is 0. The standard InChI is InChI=1S/C17H22F2N2O2S/c1-10(21(5)24(22)17(2,3)4)13-9-20-16(23-6)12-8-15(19)14(18)7-11(12)13/h7-10H,1-6H3/i5D3. The third kappa shape index (κ3) is 3.42. The average Bonchev–Trinajstić information content (AvgIpc) is 2.52. The van der Waals surface area contributed by atoms with Gasteiger partial charge in [0.2, 0.25) is 5.88 Å². The molecule has 2 rings (SSSR count). The number of nitrogens with zero attached hydrogens (tertiary/aromatic N) is 2. The normalized spacial score (nSPS) is 17.2. The maximum atomic E-state index is 13.9. The van der Waals surface area contributed by atoms with Gasteiger partial charge in [-0.15, -0.1) is 0 Å². The predicted octanol–water partition coefficient (Wildman–Crippen LogP) is 3.98. The van der Waals surface area contributed by atoms with Crippen LogP contribution in [0.3, 0.4) is 0 Å². The summed E-state index contributed by atoms with van der Waals surface area (Å²) in [7, 11) is -0.548. The van der Waals surface area contributed by atoms with Crippen LogP contribution in [0.1, 0.15) is 43.4 Å². The minimum Gasteiger partial charge on any atom is -0.481 e. The Morgan fingerprint density at radius 2 is 1.88 bits per heavy atom. The molecule has 0 aliphatic rings. The number of hydrogen-bond acceptors (Lipinski definition) is 3. The second-order valence-electron chi connectivity index (χ2n) is 6.40. The number of ether oxygens (including phenoxy) is 1. The molecule has 2 unspecified atom stereocenters. The highest BCUT2D eigenvalue weighted by molar-refractivity contribution is 7.84. The van der Waals surface area contributed by atoms with Crippen molar-refractivity contribution in [2.45, 2.75) is 38.5 Å². The largest absolute Gasteiger partial charge is 0.481 e. The quantitative estimate of drug-likeness (QED) is 0.829. The fraction of sp³-hybridized carbons (Fsp3) is 0.471. The molecule has 0 fully saturated rings. The molecule has 0 amide bonds. The number of benzene rings is 1. The summed E-state index contributed by atoms with van der Waals surface area (Å²) < 4.78 is 69.2. The van der Waals surface area contributed by atoms with E-state index in [0.717, 1.165) is 16.4 Å². The van der Waals surface area contributed by atoms with E-state index in [2.05, 4.69) is 4.98 Å². The maximum absolute atomic E-state index is 13.9. The maximum Gasteiger partial charge on any atom is 0.221 e. The van der Waals surface area contributed by atoms with E-state index < -0.39 is 40.4 Å². The Bertz CT molecular complexity index is 885. The number of pyridine rings is 1. The zero-order valence-corrected chi connectivity index (χ0v) is 15.0. The molecule has 2 atom stereocenters. The summed E-state index contributed by atoms with van der Waals surface area (Å²) in [6.07, 6.45) is 1.34. The van der Waals surface area contributed by atoms with E-state index >= 15 is 0 Å². The first-order valence-electron chi connectivity index (χ1n) is 8.82. The van der Waals surface area contributed by atoms with Crippen molar-refractivity contribution in [3.8, 4) is 5.88 Å². The van der Waals surface area contributed by atoms with Gasteiger partial charge in [0.05, 0.1) is 22.8 Å². The van der Waals surface area contributed by atoms with E-state index in [4.69, 9.17) is 8.85 Å². The Labute approximate surface area is 147 Å².